The number of aliphatic imine (C=N–C) groups is 1. The molecule has 3 aromatic rings. The van der Waals surface area contributed by atoms with E-state index >= 15 is 0 Å². The van der Waals surface area contributed by atoms with Gasteiger partial charge in [-0.25, -0.2) is 4.98 Å². The van der Waals surface area contributed by atoms with E-state index in [-0.39, 0.29) is 11.6 Å². The van der Waals surface area contributed by atoms with Gasteiger partial charge in [-0.1, -0.05) is 22.0 Å². The highest BCUT2D eigenvalue weighted by atomic mass is 79.9. The molecule has 1 aromatic heterocycles. The molecule has 1 heterocycles. The fourth-order valence-corrected chi connectivity index (χ4v) is 2.70. The van der Waals surface area contributed by atoms with Gasteiger partial charge in [0.15, 0.2) is 11.5 Å². The number of hydrogen-bond donors (Lipinski definition) is 0. The summed E-state index contributed by atoms with van der Waals surface area (Å²) in [6, 6.07) is 15.8. The first-order chi connectivity index (χ1) is 13.5. The van der Waals surface area contributed by atoms with Crippen LogP contribution >= 0.6 is 15.9 Å². The Morgan fingerprint density at radius 1 is 1.18 bits per heavy atom. The molecule has 2 aromatic carbocycles. The molecule has 0 saturated heterocycles. The van der Waals surface area contributed by atoms with Crippen LogP contribution in [0, 0.1) is 10.1 Å². The number of nitro groups is 1. The van der Waals surface area contributed by atoms with Crippen molar-refractivity contribution in [1.29, 1.82) is 0 Å². The van der Waals surface area contributed by atoms with Crippen LogP contribution in [0.4, 0.5) is 11.4 Å². The van der Waals surface area contributed by atoms with Crippen molar-refractivity contribution < 1.29 is 14.4 Å². The predicted octanol–water partition coefficient (Wildman–Crippen LogP) is 5.69. The molecule has 0 bridgehead atoms. The van der Waals surface area contributed by atoms with E-state index in [4.69, 9.17) is 9.47 Å². The first-order valence-electron chi connectivity index (χ1n) is 8.40. The molecule has 0 aliphatic carbocycles. The lowest BCUT2D eigenvalue weighted by molar-refractivity contribution is -0.385. The van der Waals surface area contributed by atoms with Crippen molar-refractivity contribution in [2.75, 3.05) is 6.61 Å². The lowest BCUT2D eigenvalue weighted by atomic mass is 10.2. The third-order valence-electron chi connectivity index (χ3n) is 3.58. The van der Waals surface area contributed by atoms with Gasteiger partial charge >= 0.3 is 0 Å². The molecule has 0 unspecified atom stereocenters. The predicted molar refractivity (Wildman–Crippen MR) is 110 cm³/mol. The number of nitrogens with zero attached hydrogens (tertiary/aromatic N) is 3. The zero-order chi connectivity index (χ0) is 19.9. The van der Waals surface area contributed by atoms with E-state index in [0.29, 0.717) is 18.1 Å². The summed E-state index contributed by atoms with van der Waals surface area (Å²) in [7, 11) is 0. The number of rotatable bonds is 7. The highest BCUT2D eigenvalue weighted by Gasteiger charge is 2.10. The molecule has 3 rings (SSSR count). The zero-order valence-electron chi connectivity index (χ0n) is 14.9. The van der Waals surface area contributed by atoms with Crippen molar-refractivity contribution in [2.45, 2.75) is 6.92 Å². The van der Waals surface area contributed by atoms with Crippen LogP contribution in [0.5, 0.6) is 17.4 Å². The Morgan fingerprint density at radius 2 is 2.04 bits per heavy atom. The third-order valence-corrected chi connectivity index (χ3v) is 4.08. The van der Waals surface area contributed by atoms with Crippen molar-refractivity contribution >= 4 is 33.5 Å². The monoisotopic (exact) mass is 441 g/mol. The molecule has 0 atom stereocenters. The van der Waals surface area contributed by atoms with Crippen molar-refractivity contribution in [2.24, 2.45) is 4.99 Å². The van der Waals surface area contributed by atoms with Gasteiger partial charge in [-0.2, -0.15) is 0 Å². The number of aromatic nitrogens is 1. The Balaban J connectivity index is 1.81. The molecule has 0 N–H and O–H groups in total. The summed E-state index contributed by atoms with van der Waals surface area (Å²) < 4.78 is 12.3. The fraction of sp³-hybridized carbons (Fsp3) is 0.100. The molecular weight excluding hydrogens is 426 g/mol. The first-order valence-corrected chi connectivity index (χ1v) is 9.19. The molecule has 0 spiro atoms. The number of pyridine rings is 1. The Bertz CT molecular complexity index is 1010. The van der Waals surface area contributed by atoms with Gasteiger partial charge < -0.3 is 9.47 Å². The normalized spacial score (nSPS) is 10.8. The smallest absolute Gasteiger partial charge is 0.287 e. The van der Waals surface area contributed by atoms with Crippen molar-refractivity contribution in [3.63, 3.8) is 0 Å². The standard InChI is InChI=1S/C20H16BrN3O4/c1-2-27-19-10-14(12-22-16-5-3-4-15(21)11-16)6-8-18(19)28-20-9-7-17(13-23-20)24(25)26/h3-13H,2H2,1H3. The molecule has 0 aliphatic rings. The largest absolute Gasteiger partial charge is 0.490 e. The summed E-state index contributed by atoms with van der Waals surface area (Å²) in [5, 5.41) is 10.7. The second-order valence-electron chi connectivity index (χ2n) is 5.59. The minimum absolute atomic E-state index is 0.100. The van der Waals surface area contributed by atoms with Crippen LogP contribution in [-0.4, -0.2) is 22.7 Å². The van der Waals surface area contributed by atoms with Crippen LogP contribution in [0.15, 0.2) is 70.3 Å². The number of benzene rings is 2. The summed E-state index contributed by atoms with van der Waals surface area (Å²) in [5.74, 6) is 1.23. The van der Waals surface area contributed by atoms with Crippen molar-refractivity contribution in [1.82, 2.24) is 4.98 Å². The van der Waals surface area contributed by atoms with Gasteiger partial charge in [0.05, 0.1) is 17.2 Å². The lowest BCUT2D eigenvalue weighted by Gasteiger charge is -2.11. The van der Waals surface area contributed by atoms with E-state index in [9.17, 15) is 10.1 Å². The average Bonchev–Trinajstić information content (AvgIpc) is 2.69. The summed E-state index contributed by atoms with van der Waals surface area (Å²) in [5.41, 5.74) is 1.56. The zero-order valence-corrected chi connectivity index (χ0v) is 16.5. The maximum Gasteiger partial charge on any atom is 0.287 e. The summed E-state index contributed by atoms with van der Waals surface area (Å²) in [6.45, 7) is 2.33. The van der Waals surface area contributed by atoms with Crippen LogP contribution in [0.2, 0.25) is 0 Å². The van der Waals surface area contributed by atoms with Crippen LogP contribution in [0.1, 0.15) is 12.5 Å². The molecular formula is C20H16BrN3O4. The van der Waals surface area contributed by atoms with E-state index in [1.165, 1.54) is 12.1 Å². The van der Waals surface area contributed by atoms with E-state index in [2.05, 4.69) is 25.9 Å². The van der Waals surface area contributed by atoms with Gasteiger partial charge in [0.1, 0.15) is 6.20 Å². The highest BCUT2D eigenvalue weighted by Crippen LogP contribution is 2.32. The molecule has 28 heavy (non-hydrogen) atoms. The quantitative estimate of drug-likeness (QED) is 0.266. The first kappa shape index (κ1) is 19.5. The van der Waals surface area contributed by atoms with E-state index in [1.54, 1.807) is 12.3 Å². The number of halogens is 1. The molecule has 0 saturated carbocycles. The maximum absolute atomic E-state index is 10.7. The van der Waals surface area contributed by atoms with E-state index in [1.807, 2.05) is 43.3 Å². The minimum atomic E-state index is -0.512. The summed E-state index contributed by atoms with van der Waals surface area (Å²) >= 11 is 3.42. The molecule has 7 nitrogen and oxygen atoms in total. The van der Waals surface area contributed by atoms with Crippen molar-refractivity contribution in [3.8, 4) is 17.4 Å². The van der Waals surface area contributed by atoms with E-state index < -0.39 is 4.92 Å². The maximum atomic E-state index is 10.7. The lowest BCUT2D eigenvalue weighted by Crippen LogP contribution is -1.97. The number of ether oxygens (including phenoxy) is 2. The Labute approximate surface area is 170 Å². The molecule has 142 valence electrons. The van der Waals surface area contributed by atoms with Crippen LogP contribution in [0.3, 0.4) is 0 Å². The van der Waals surface area contributed by atoms with Crippen LogP contribution in [0.25, 0.3) is 0 Å². The molecule has 8 heteroatoms. The second-order valence-corrected chi connectivity index (χ2v) is 6.51. The van der Waals surface area contributed by atoms with Gasteiger partial charge in [0.25, 0.3) is 5.69 Å². The molecule has 0 amide bonds. The molecule has 0 fully saturated rings. The van der Waals surface area contributed by atoms with Gasteiger partial charge in [0.2, 0.25) is 5.88 Å². The number of hydrogen-bond acceptors (Lipinski definition) is 6. The average molecular weight is 442 g/mol. The van der Waals surface area contributed by atoms with Gasteiger partial charge in [-0.15, -0.1) is 0 Å². The molecule has 0 aliphatic heterocycles. The Kier molecular flexibility index (Phi) is 6.33. The summed E-state index contributed by atoms with van der Waals surface area (Å²) in [4.78, 5) is 18.6. The Hall–Kier alpha value is -3.26. The van der Waals surface area contributed by atoms with Crippen LogP contribution in [-0.2, 0) is 0 Å². The highest BCUT2D eigenvalue weighted by molar-refractivity contribution is 9.10. The topological polar surface area (TPSA) is 86.8 Å². The van der Waals surface area contributed by atoms with Crippen molar-refractivity contribution in [3.05, 3.63) is 80.9 Å². The molecule has 0 radical (unpaired) electrons. The SMILES string of the molecule is CCOc1cc(C=Nc2cccc(Br)c2)ccc1Oc1ccc([N+](=O)[O-])cn1. The van der Waals surface area contributed by atoms with Gasteiger partial charge in [-0.3, -0.25) is 15.1 Å². The second kappa shape index (κ2) is 9.09. The van der Waals surface area contributed by atoms with Crippen LogP contribution < -0.4 is 9.47 Å². The minimum Gasteiger partial charge on any atom is -0.490 e. The summed E-state index contributed by atoms with van der Waals surface area (Å²) in [6.07, 6.45) is 2.88. The van der Waals surface area contributed by atoms with E-state index in [0.717, 1.165) is 21.9 Å². The third kappa shape index (κ3) is 5.14. The Morgan fingerprint density at radius 3 is 2.71 bits per heavy atom. The van der Waals surface area contributed by atoms with Gasteiger partial charge in [0, 0.05) is 22.8 Å². The van der Waals surface area contributed by atoms with Gasteiger partial charge in [-0.05, 0) is 48.9 Å². The fourth-order valence-electron chi connectivity index (χ4n) is 2.32.